The van der Waals surface area contributed by atoms with Gasteiger partial charge in [-0.15, -0.1) is 0 Å². The van der Waals surface area contributed by atoms with E-state index in [4.69, 9.17) is 15.7 Å². The Labute approximate surface area is 107 Å². The van der Waals surface area contributed by atoms with Crippen LogP contribution in [-0.4, -0.2) is 6.61 Å². The molecule has 0 aliphatic carbocycles. The standard InChI is InChI=1S/C14H19FN2O/c1-10(17)12-8-11(15)4-5-13(12)18-7-6-14(2,3)9-16/h4-5,8,10H,6-7,17H2,1-3H3/t10-/m0/s1. The van der Waals surface area contributed by atoms with Crippen LogP contribution in [0.25, 0.3) is 0 Å². The van der Waals surface area contributed by atoms with E-state index in [0.29, 0.717) is 24.3 Å². The molecule has 1 aromatic rings. The molecule has 0 unspecified atom stereocenters. The summed E-state index contributed by atoms with van der Waals surface area (Å²) in [6.07, 6.45) is 0.610. The van der Waals surface area contributed by atoms with Crippen LogP contribution in [0.2, 0.25) is 0 Å². The fourth-order valence-electron chi connectivity index (χ4n) is 1.48. The van der Waals surface area contributed by atoms with E-state index in [1.807, 2.05) is 13.8 Å². The summed E-state index contributed by atoms with van der Waals surface area (Å²) in [6.45, 7) is 5.90. The van der Waals surface area contributed by atoms with Crippen LogP contribution in [0.5, 0.6) is 5.75 Å². The third-order valence-electron chi connectivity index (χ3n) is 2.75. The summed E-state index contributed by atoms with van der Waals surface area (Å²) >= 11 is 0. The van der Waals surface area contributed by atoms with Crippen LogP contribution < -0.4 is 10.5 Å². The first-order valence-electron chi connectivity index (χ1n) is 5.95. The minimum Gasteiger partial charge on any atom is -0.493 e. The molecule has 0 bridgehead atoms. The summed E-state index contributed by atoms with van der Waals surface area (Å²) in [4.78, 5) is 0. The molecule has 0 heterocycles. The highest BCUT2D eigenvalue weighted by Crippen LogP contribution is 2.26. The van der Waals surface area contributed by atoms with Crippen LogP contribution in [0.1, 0.15) is 38.8 Å². The van der Waals surface area contributed by atoms with Gasteiger partial charge in [0.1, 0.15) is 11.6 Å². The lowest BCUT2D eigenvalue weighted by Crippen LogP contribution is -2.15. The first-order chi connectivity index (χ1) is 8.35. The van der Waals surface area contributed by atoms with E-state index in [1.54, 1.807) is 13.0 Å². The Morgan fingerprint density at radius 3 is 2.72 bits per heavy atom. The van der Waals surface area contributed by atoms with E-state index in [9.17, 15) is 4.39 Å². The Balaban J connectivity index is 2.71. The third kappa shape index (κ3) is 4.01. The van der Waals surface area contributed by atoms with Crippen molar-refractivity contribution in [3.05, 3.63) is 29.6 Å². The summed E-state index contributed by atoms with van der Waals surface area (Å²) in [5.74, 6) is 0.257. The zero-order valence-electron chi connectivity index (χ0n) is 11.0. The molecule has 1 atom stereocenters. The lowest BCUT2D eigenvalue weighted by molar-refractivity contribution is 0.261. The number of hydrogen-bond acceptors (Lipinski definition) is 3. The molecule has 1 rings (SSSR count). The molecule has 0 fully saturated rings. The van der Waals surface area contributed by atoms with Gasteiger partial charge >= 0.3 is 0 Å². The van der Waals surface area contributed by atoms with Gasteiger partial charge in [-0.3, -0.25) is 0 Å². The summed E-state index contributed by atoms with van der Waals surface area (Å²) in [6, 6.07) is 6.22. The Bertz CT molecular complexity index is 450. The molecular formula is C14H19FN2O. The van der Waals surface area contributed by atoms with Crippen molar-refractivity contribution in [1.82, 2.24) is 0 Å². The van der Waals surface area contributed by atoms with Gasteiger partial charge in [-0.2, -0.15) is 5.26 Å². The smallest absolute Gasteiger partial charge is 0.124 e. The summed E-state index contributed by atoms with van der Waals surface area (Å²) in [7, 11) is 0. The number of benzene rings is 1. The quantitative estimate of drug-likeness (QED) is 0.873. The van der Waals surface area contributed by atoms with E-state index in [1.165, 1.54) is 12.1 Å². The first kappa shape index (κ1) is 14.5. The van der Waals surface area contributed by atoms with Crippen LogP contribution in [0.3, 0.4) is 0 Å². The van der Waals surface area contributed by atoms with E-state index in [0.717, 1.165) is 0 Å². The Morgan fingerprint density at radius 1 is 1.50 bits per heavy atom. The normalized spacial score (nSPS) is 12.9. The average molecular weight is 250 g/mol. The number of halogens is 1. The Morgan fingerprint density at radius 2 is 2.17 bits per heavy atom. The molecule has 0 radical (unpaired) electrons. The van der Waals surface area contributed by atoms with Crippen molar-refractivity contribution in [3.63, 3.8) is 0 Å². The molecule has 0 aliphatic rings. The van der Waals surface area contributed by atoms with Gasteiger partial charge in [0, 0.05) is 11.6 Å². The zero-order valence-corrected chi connectivity index (χ0v) is 11.0. The van der Waals surface area contributed by atoms with Gasteiger partial charge in [-0.05, 0) is 45.4 Å². The second-order valence-electron chi connectivity index (χ2n) is 5.06. The maximum Gasteiger partial charge on any atom is 0.124 e. The Hall–Kier alpha value is -1.60. The van der Waals surface area contributed by atoms with Crippen molar-refractivity contribution in [2.24, 2.45) is 11.1 Å². The van der Waals surface area contributed by atoms with Crippen LogP contribution in [0.4, 0.5) is 4.39 Å². The van der Waals surface area contributed by atoms with Crippen LogP contribution in [0.15, 0.2) is 18.2 Å². The van der Waals surface area contributed by atoms with Gasteiger partial charge < -0.3 is 10.5 Å². The molecule has 0 spiro atoms. The summed E-state index contributed by atoms with van der Waals surface area (Å²) < 4.78 is 18.7. The fourth-order valence-corrected chi connectivity index (χ4v) is 1.48. The summed E-state index contributed by atoms with van der Waals surface area (Å²) in [5.41, 5.74) is 5.99. The van der Waals surface area contributed by atoms with Gasteiger partial charge in [-0.25, -0.2) is 4.39 Å². The van der Waals surface area contributed by atoms with Crippen LogP contribution in [-0.2, 0) is 0 Å². The average Bonchev–Trinajstić information content (AvgIpc) is 2.30. The number of ether oxygens (including phenoxy) is 1. The molecule has 0 amide bonds. The molecule has 0 aromatic heterocycles. The third-order valence-corrected chi connectivity index (χ3v) is 2.75. The fraction of sp³-hybridized carbons (Fsp3) is 0.500. The molecule has 0 saturated heterocycles. The molecule has 3 nitrogen and oxygen atoms in total. The monoisotopic (exact) mass is 250 g/mol. The van der Waals surface area contributed by atoms with Gasteiger partial charge in [-0.1, -0.05) is 0 Å². The number of nitriles is 1. The van der Waals surface area contributed by atoms with E-state index in [-0.39, 0.29) is 11.9 Å². The molecule has 18 heavy (non-hydrogen) atoms. The minimum atomic E-state index is -0.422. The molecule has 1 aromatic carbocycles. The molecule has 2 N–H and O–H groups in total. The molecule has 4 heteroatoms. The number of nitrogens with two attached hydrogens (primary N) is 1. The van der Waals surface area contributed by atoms with Crippen molar-refractivity contribution in [2.45, 2.75) is 33.2 Å². The van der Waals surface area contributed by atoms with E-state index < -0.39 is 5.41 Å². The van der Waals surface area contributed by atoms with Gasteiger partial charge in [0.15, 0.2) is 0 Å². The van der Waals surface area contributed by atoms with Gasteiger partial charge in [0.25, 0.3) is 0 Å². The van der Waals surface area contributed by atoms with Crippen molar-refractivity contribution >= 4 is 0 Å². The number of nitrogens with zero attached hydrogens (tertiary/aromatic N) is 1. The molecule has 0 saturated carbocycles. The maximum atomic E-state index is 13.1. The SMILES string of the molecule is C[C@H](N)c1cc(F)ccc1OCCC(C)(C)C#N. The highest BCUT2D eigenvalue weighted by atomic mass is 19.1. The topological polar surface area (TPSA) is 59.0 Å². The highest BCUT2D eigenvalue weighted by molar-refractivity contribution is 5.36. The zero-order chi connectivity index (χ0) is 13.8. The van der Waals surface area contributed by atoms with Crippen molar-refractivity contribution < 1.29 is 9.13 Å². The Kier molecular flexibility index (Phi) is 4.69. The lowest BCUT2D eigenvalue weighted by atomic mass is 9.92. The van der Waals surface area contributed by atoms with Crippen molar-refractivity contribution in [3.8, 4) is 11.8 Å². The second kappa shape index (κ2) is 5.83. The number of hydrogen-bond donors (Lipinski definition) is 1. The number of rotatable bonds is 5. The van der Waals surface area contributed by atoms with Crippen molar-refractivity contribution in [1.29, 1.82) is 5.26 Å². The summed E-state index contributed by atoms with van der Waals surface area (Å²) in [5, 5.41) is 8.90. The highest BCUT2D eigenvalue weighted by Gasteiger charge is 2.17. The maximum absolute atomic E-state index is 13.1. The van der Waals surface area contributed by atoms with Gasteiger partial charge in [0.2, 0.25) is 0 Å². The minimum absolute atomic E-state index is 0.292. The largest absolute Gasteiger partial charge is 0.493 e. The molecule has 98 valence electrons. The second-order valence-corrected chi connectivity index (χ2v) is 5.06. The van der Waals surface area contributed by atoms with E-state index in [2.05, 4.69) is 6.07 Å². The predicted molar refractivity (Wildman–Crippen MR) is 68.5 cm³/mol. The van der Waals surface area contributed by atoms with Gasteiger partial charge in [0.05, 0.1) is 18.1 Å². The van der Waals surface area contributed by atoms with E-state index >= 15 is 0 Å². The molecule has 0 aliphatic heterocycles. The van der Waals surface area contributed by atoms with Crippen LogP contribution in [0, 0.1) is 22.6 Å². The van der Waals surface area contributed by atoms with Crippen molar-refractivity contribution in [2.75, 3.05) is 6.61 Å². The predicted octanol–water partition coefficient (Wildman–Crippen LogP) is 3.16. The molecular weight excluding hydrogens is 231 g/mol. The first-order valence-corrected chi connectivity index (χ1v) is 5.95. The van der Waals surface area contributed by atoms with Crippen LogP contribution >= 0.6 is 0 Å². The lowest BCUT2D eigenvalue weighted by Gasteiger charge is -2.18.